The number of sulfone groups is 1. The maximum Gasteiger partial charge on any atom is 0.339 e. The van der Waals surface area contributed by atoms with E-state index in [9.17, 15) is 13.2 Å². The standard InChI is InChI=1S/C16H16Cl2N2O4S/c1-2-24-16(21)11-9-14(18)15(20-10-11)19-7-8-25(22,23)13-5-3-12(17)4-6-13/h3-6,9-10H,2,7-8H2,1H3,(H,19,20). The molecule has 0 amide bonds. The van der Waals surface area contributed by atoms with Gasteiger partial charge in [0.2, 0.25) is 0 Å². The number of hydrogen-bond donors (Lipinski definition) is 1. The minimum absolute atomic E-state index is 0.108. The Morgan fingerprint density at radius 3 is 2.52 bits per heavy atom. The van der Waals surface area contributed by atoms with Crippen molar-refractivity contribution in [3.8, 4) is 0 Å². The number of nitrogens with one attached hydrogen (secondary N) is 1. The minimum atomic E-state index is -3.46. The predicted molar refractivity (Wildman–Crippen MR) is 97.2 cm³/mol. The van der Waals surface area contributed by atoms with Crippen LogP contribution in [0.4, 0.5) is 5.82 Å². The Morgan fingerprint density at radius 1 is 1.24 bits per heavy atom. The Kier molecular flexibility index (Phi) is 6.64. The molecule has 9 heteroatoms. The van der Waals surface area contributed by atoms with E-state index in [2.05, 4.69) is 10.3 Å². The van der Waals surface area contributed by atoms with E-state index in [1.165, 1.54) is 36.5 Å². The smallest absolute Gasteiger partial charge is 0.339 e. The summed E-state index contributed by atoms with van der Waals surface area (Å²) in [5, 5.41) is 3.52. The summed E-state index contributed by atoms with van der Waals surface area (Å²) in [6, 6.07) is 7.37. The average molecular weight is 403 g/mol. The van der Waals surface area contributed by atoms with Gasteiger partial charge in [-0.05, 0) is 37.3 Å². The van der Waals surface area contributed by atoms with Crippen LogP contribution in [-0.2, 0) is 14.6 Å². The second kappa shape index (κ2) is 8.51. The molecule has 0 bridgehead atoms. The maximum absolute atomic E-state index is 12.2. The van der Waals surface area contributed by atoms with Crippen molar-refractivity contribution in [2.45, 2.75) is 11.8 Å². The molecule has 0 saturated heterocycles. The molecular weight excluding hydrogens is 387 g/mol. The van der Waals surface area contributed by atoms with E-state index < -0.39 is 15.8 Å². The molecule has 0 aliphatic carbocycles. The van der Waals surface area contributed by atoms with Gasteiger partial charge in [-0.3, -0.25) is 0 Å². The van der Waals surface area contributed by atoms with Gasteiger partial charge < -0.3 is 10.1 Å². The number of benzene rings is 1. The number of carbonyl (C=O) groups excluding carboxylic acids is 1. The molecule has 1 N–H and O–H groups in total. The van der Waals surface area contributed by atoms with Gasteiger partial charge in [0, 0.05) is 17.8 Å². The molecule has 2 aromatic rings. The van der Waals surface area contributed by atoms with Crippen LogP contribution in [0.25, 0.3) is 0 Å². The Balaban J connectivity index is 1.99. The second-order valence-electron chi connectivity index (χ2n) is 4.97. The third kappa shape index (κ3) is 5.32. The first-order chi connectivity index (χ1) is 11.8. The topological polar surface area (TPSA) is 85.4 Å². The van der Waals surface area contributed by atoms with Crippen LogP contribution >= 0.6 is 23.2 Å². The first-order valence-electron chi connectivity index (χ1n) is 7.38. The molecule has 0 radical (unpaired) electrons. The van der Waals surface area contributed by atoms with E-state index in [1.807, 2.05) is 0 Å². The third-order valence-corrected chi connectivity index (χ3v) is 5.46. The molecule has 0 fully saturated rings. The Morgan fingerprint density at radius 2 is 1.92 bits per heavy atom. The number of carbonyl (C=O) groups is 1. The molecule has 134 valence electrons. The molecule has 0 atom stereocenters. The fraction of sp³-hybridized carbons (Fsp3) is 0.250. The summed E-state index contributed by atoms with van der Waals surface area (Å²) < 4.78 is 29.3. The highest BCUT2D eigenvalue weighted by Gasteiger charge is 2.15. The van der Waals surface area contributed by atoms with Gasteiger partial charge in [-0.25, -0.2) is 18.2 Å². The van der Waals surface area contributed by atoms with Gasteiger partial charge in [0.15, 0.2) is 9.84 Å². The third-order valence-electron chi connectivity index (χ3n) is 3.19. The number of nitrogens with zero attached hydrogens (tertiary/aromatic N) is 1. The lowest BCUT2D eigenvalue weighted by Gasteiger charge is -2.09. The number of rotatable bonds is 7. The zero-order chi connectivity index (χ0) is 18.4. The van der Waals surface area contributed by atoms with Gasteiger partial charge in [-0.1, -0.05) is 23.2 Å². The molecular formula is C16H16Cl2N2O4S. The van der Waals surface area contributed by atoms with E-state index in [-0.39, 0.29) is 34.4 Å². The predicted octanol–water partition coefficient (Wildman–Crippen LogP) is 3.45. The van der Waals surface area contributed by atoms with Crippen LogP contribution in [0.1, 0.15) is 17.3 Å². The quantitative estimate of drug-likeness (QED) is 0.713. The Hall–Kier alpha value is -1.83. The Bertz CT molecular complexity index is 855. The SMILES string of the molecule is CCOC(=O)c1cnc(NCCS(=O)(=O)c2ccc(Cl)cc2)c(Cl)c1. The molecule has 0 aliphatic heterocycles. The largest absolute Gasteiger partial charge is 0.462 e. The second-order valence-corrected chi connectivity index (χ2v) is 7.93. The normalized spacial score (nSPS) is 11.2. The van der Waals surface area contributed by atoms with Crippen LogP contribution in [0, 0.1) is 0 Å². The number of halogens is 2. The molecule has 1 aromatic heterocycles. The van der Waals surface area contributed by atoms with Gasteiger partial charge >= 0.3 is 5.97 Å². The van der Waals surface area contributed by atoms with Crippen LogP contribution < -0.4 is 5.32 Å². The van der Waals surface area contributed by atoms with Crippen molar-refractivity contribution in [1.29, 1.82) is 0 Å². The van der Waals surface area contributed by atoms with E-state index >= 15 is 0 Å². The summed E-state index contributed by atoms with van der Waals surface area (Å²) in [7, 11) is -3.46. The number of hydrogen-bond acceptors (Lipinski definition) is 6. The van der Waals surface area contributed by atoms with Crippen molar-refractivity contribution in [2.75, 3.05) is 24.2 Å². The van der Waals surface area contributed by atoms with Gasteiger partial charge in [0.25, 0.3) is 0 Å². The molecule has 1 aromatic carbocycles. The van der Waals surface area contributed by atoms with Gasteiger partial charge in [0.1, 0.15) is 5.82 Å². The number of pyridine rings is 1. The molecule has 1 heterocycles. The lowest BCUT2D eigenvalue weighted by molar-refractivity contribution is 0.0526. The lowest BCUT2D eigenvalue weighted by Crippen LogP contribution is -2.17. The van der Waals surface area contributed by atoms with Gasteiger partial charge in [0.05, 0.1) is 27.8 Å². The van der Waals surface area contributed by atoms with E-state index in [0.717, 1.165) is 0 Å². The van der Waals surface area contributed by atoms with Crippen molar-refractivity contribution in [1.82, 2.24) is 4.98 Å². The van der Waals surface area contributed by atoms with Crippen LogP contribution in [-0.4, -0.2) is 38.3 Å². The first kappa shape index (κ1) is 19.5. The van der Waals surface area contributed by atoms with E-state index in [1.54, 1.807) is 6.92 Å². The summed E-state index contributed by atoms with van der Waals surface area (Å²) >= 11 is 11.8. The average Bonchev–Trinajstić information content (AvgIpc) is 2.57. The number of esters is 1. The zero-order valence-electron chi connectivity index (χ0n) is 13.3. The fourth-order valence-corrected chi connectivity index (χ4v) is 3.47. The minimum Gasteiger partial charge on any atom is -0.462 e. The Labute approximate surface area is 156 Å². The molecule has 0 unspecified atom stereocenters. The molecule has 2 rings (SSSR count). The highest BCUT2D eigenvalue weighted by atomic mass is 35.5. The highest BCUT2D eigenvalue weighted by molar-refractivity contribution is 7.91. The first-order valence-corrected chi connectivity index (χ1v) is 9.79. The molecule has 6 nitrogen and oxygen atoms in total. The van der Waals surface area contributed by atoms with Gasteiger partial charge in [-0.15, -0.1) is 0 Å². The summed E-state index contributed by atoms with van der Waals surface area (Å²) in [6.07, 6.45) is 1.32. The maximum atomic E-state index is 12.2. The lowest BCUT2D eigenvalue weighted by atomic mass is 10.3. The number of anilines is 1. The monoisotopic (exact) mass is 402 g/mol. The van der Waals surface area contributed by atoms with Crippen molar-refractivity contribution < 1.29 is 17.9 Å². The molecule has 0 saturated carbocycles. The summed E-state index contributed by atoms with van der Waals surface area (Å²) in [4.78, 5) is 15.8. The van der Waals surface area contributed by atoms with E-state index in [4.69, 9.17) is 27.9 Å². The molecule has 0 spiro atoms. The van der Waals surface area contributed by atoms with Crippen LogP contribution in [0.15, 0.2) is 41.4 Å². The molecule has 0 aliphatic rings. The van der Waals surface area contributed by atoms with Crippen LogP contribution in [0.3, 0.4) is 0 Å². The van der Waals surface area contributed by atoms with Crippen molar-refractivity contribution in [2.24, 2.45) is 0 Å². The number of ether oxygens (including phenoxy) is 1. The van der Waals surface area contributed by atoms with E-state index in [0.29, 0.717) is 10.8 Å². The zero-order valence-corrected chi connectivity index (χ0v) is 15.7. The van der Waals surface area contributed by atoms with Crippen LogP contribution in [0.2, 0.25) is 10.0 Å². The summed E-state index contributed by atoms with van der Waals surface area (Å²) in [5.74, 6) is -0.374. The number of aromatic nitrogens is 1. The van der Waals surface area contributed by atoms with Crippen molar-refractivity contribution in [3.63, 3.8) is 0 Å². The van der Waals surface area contributed by atoms with Gasteiger partial charge in [-0.2, -0.15) is 0 Å². The summed E-state index contributed by atoms with van der Waals surface area (Å²) in [6.45, 7) is 2.05. The molecule has 25 heavy (non-hydrogen) atoms. The highest BCUT2D eigenvalue weighted by Crippen LogP contribution is 2.21. The fourth-order valence-electron chi connectivity index (χ4n) is 1.96. The van der Waals surface area contributed by atoms with Crippen molar-refractivity contribution >= 4 is 44.8 Å². The summed E-state index contributed by atoms with van der Waals surface area (Å²) in [5.41, 5.74) is 0.228. The van der Waals surface area contributed by atoms with Crippen LogP contribution in [0.5, 0.6) is 0 Å². The van der Waals surface area contributed by atoms with Crippen molar-refractivity contribution in [3.05, 3.63) is 52.1 Å².